The molecular weight excluding hydrogens is 499 g/mol. The number of amides is 3. The van der Waals surface area contributed by atoms with Gasteiger partial charge in [-0.25, -0.2) is 14.0 Å². The third-order valence-corrected chi connectivity index (χ3v) is 6.98. The monoisotopic (exact) mass is 528 g/mol. The van der Waals surface area contributed by atoms with Gasteiger partial charge in [0.25, 0.3) is 5.91 Å². The second-order valence-corrected chi connectivity index (χ2v) is 9.57. The predicted octanol–water partition coefficient (Wildman–Crippen LogP) is 3.84. The Morgan fingerprint density at radius 1 is 1.14 bits per heavy atom. The normalized spacial score (nSPS) is 20.6. The Bertz CT molecular complexity index is 1220. The minimum absolute atomic E-state index is 0.0459. The fourth-order valence-corrected chi connectivity index (χ4v) is 4.91. The van der Waals surface area contributed by atoms with E-state index in [4.69, 9.17) is 16.3 Å². The van der Waals surface area contributed by atoms with Crippen LogP contribution in [0.5, 0.6) is 0 Å². The van der Waals surface area contributed by atoms with Crippen molar-refractivity contribution in [1.82, 2.24) is 20.0 Å². The van der Waals surface area contributed by atoms with Gasteiger partial charge in [-0.15, -0.1) is 0 Å². The van der Waals surface area contributed by atoms with Gasteiger partial charge in [0.05, 0.1) is 23.8 Å². The van der Waals surface area contributed by atoms with Crippen molar-refractivity contribution in [2.45, 2.75) is 25.9 Å². The number of esters is 1. The largest absolute Gasteiger partial charge is 0.463 e. The van der Waals surface area contributed by atoms with Crippen LogP contribution in [0.2, 0.25) is 5.02 Å². The topological polar surface area (TPSA) is 82.2 Å². The number of ether oxygens (including phenoxy) is 1. The molecule has 37 heavy (non-hydrogen) atoms. The molecule has 0 aliphatic carbocycles. The lowest BCUT2D eigenvalue weighted by molar-refractivity contribution is -0.139. The quantitative estimate of drug-likeness (QED) is 0.576. The summed E-state index contributed by atoms with van der Waals surface area (Å²) < 4.78 is 19.6. The minimum Gasteiger partial charge on any atom is -0.463 e. The van der Waals surface area contributed by atoms with E-state index in [1.54, 1.807) is 55.3 Å². The molecule has 2 aromatic carbocycles. The summed E-state index contributed by atoms with van der Waals surface area (Å²) >= 11 is 6.05. The third-order valence-electron chi connectivity index (χ3n) is 6.73. The van der Waals surface area contributed by atoms with Crippen LogP contribution in [0.3, 0.4) is 0 Å². The summed E-state index contributed by atoms with van der Waals surface area (Å²) in [7, 11) is 1.61. The van der Waals surface area contributed by atoms with Crippen molar-refractivity contribution in [3.63, 3.8) is 0 Å². The highest BCUT2D eigenvalue weighted by Crippen LogP contribution is 2.32. The molecule has 0 bridgehead atoms. The lowest BCUT2D eigenvalue weighted by atomic mass is 9.94. The highest BCUT2D eigenvalue weighted by molar-refractivity contribution is 6.30. The van der Waals surface area contributed by atoms with Crippen molar-refractivity contribution >= 4 is 29.5 Å². The van der Waals surface area contributed by atoms with Crippen LogP contribution < -0.4 is 5.32 Å². The number of carbonyl (C=O) groups excluding carboxylic acids is 3. The summed E-state index contributed by atoms with van der Waals surface area (Å²) in [6.07, 6.45) is 0. The maximum atomic E-state index is 14.2. The van der Waals surface area contributed by atoms with Crippen LogP contribution in [-0.2, 0) is 9.53 Å². The lowest BCUT2D eigenvalue weighted by Gasteiger charge is -2.42. The SMILES string of the molecule is CCOC(=O)C1=C(CN2CCN(C(=O)c3ccccc3F)C(C)C2)N(C)C(=O)NC1c1ccc(Cl)cc1. The van der Waals surface area contributed by atoms with Crippen LogP contribution in [0.15, 0.2) is 59.8 Å². The Kier molecular flexibility index (Phi) is 8.14. The number of carbonyl (C=O) groups is 3. The van der Waals surface area contributed by atoms with Crippen molar-refractivity contribution in [2.75, 3.05) is 39.8 Å². The van der Waals surface area contributed by atoms with Gasteiger partial charge >= 0.3 is 12.0 Å². The molecule has 2 aliphatic heterocycles. The van der Waals surface area contributed by atoms with Gasteiger partial charge in [0.1, 0.15) is 5.82 Å². The second kappa shape index (κ2) is 11.3. The van der Waals surface area contributed by atoms with E-state index in [-0.39, 0.29) is 30.2 Å². The number of urea groups is 1. The summed E-state index contributed by atoms with van der Waals surface area (Å²) in [5, 5.41) is 3.43. The van der Waals surface area contributed by atoms with Crippen molar-refractivity contribution in [3.05, 3.63) is 81.8 Å². The molecule has 10 heteroatoms. The van der Waals surface area contributed by atoms with Crippen molar-refractivity contribution < 1.29 is 23.5 Å². The number of piperazine rings is 1. The smallest absolute Gasteiger partial charge is 0.338 e. The van der Waals surface area contributed by atoms with E-state index in [0.717, 1.165) is 0 Å². The molecule has 4 rings (SSSR count). The van der Waals surface area contributed by atoms with Crippen molar-refractivity contribution in [1.29, 1.82) is 0 Å². The fourth-order valence-electron chi connectivity index (χ4n) is 4.78. The number of halogens is 2. The molecular formula is C27H30ClFN4O4. The number of hydrogen-bond acceptors (Lipinski definition) is 5. The first-order chi connectivity index (χ1) is 17.7. The highest BCUT2D eigenvalue weighted by atomic mass is 35.5. The van der Waals surface area contributed by atoms with Crippen LogP contribution in [0.25, 0.3) is 0 Å². The minimum atomic E-state index is -0.698. The Morgan fingerprint density at radius 3 is 2.49 bits per heavy atom. The Morgan fingerprint density at radius 2 is 1.84 bits per heavy atom. The van der Waals surface area contributed by atoms with Gasteiger partial charge in [-0.2, -0.15) is 0 Å². The average Bonchev–Trinajstić information content (AvgIpc) is 2.87. The molecule has 0 spiro atoms. The second-order valence-electron chi connectivity index (χ2n) is 9.14. The van der Waals surface area contributed by atoms with Crippen LogP contribution in [-0.4, -0.2) is 78.5 Å². The zero-order chi connectivity index (χ0) is 26.7. The first kappa shape index (κ1) is 26.6. The third kappa shape index (κ3) is 5.62. The molecule has 2 unspecified atom stereocenters. The van der Waals surface area contributed by atoms with E-state index in [1.807, 2.05) is 6.92 Å². The van der Waals surface area contributed by atoms with E-state index >= 15 is 0 Å². The summed E-state index contributed by atoms with van der Waals surface area (Å²) in [6.45, 7) is 5.48. The van der Waals surface area contributed by atoms with E-state index in [2.05, 4.69) is 10.2 Å². The van der Waals surface area contributed by atoms with E-state index in [0.29, 0.717) is 48.0 Å². The molecule has 0 radical (unpaired) electrons. The predicted molar refractivity (Wildman–Crippen MR) is 137 cm³/mol. The molecule has 2 aromatic rings. The van der Waals surface area contributed by atoms with Gasteiger partial charge in [-0.3, -0.25) is 14.6 Å². The number of likely N-dealkylation sites (N-methyl/N-ethyl adjacent to an activating group) is 1. The molecule has 2 heterocycles. The van der Waals surface area contributed by atoms with Gasteiger partial charge in [0.15, 0.2) is 0 Å². The first-order valence-electron chi connectivity index (χ1n) is 12.2. The number of hydrogen-bond donors (Lipinski definition) is 1. The summed E-state index contributed by atoms with van der Waals surface area (Å²) in [4.78, 5) is 44.2. The zero-order valence-corrected chi connectivity index (χ0v) is 21.8. The van der Waals surface area contributed by atoms with Crippen LogP contribution >= 0.6 is 11.6 Å². The Labute approximate surface area is 220 Å². The van der Waals surface area contributed by atoms with Crippen molar-refractivity contribution in [3.8, 4) is 0 Å². The van der Waals surface area contributed by atoms with Crippen LogP contribution in [0, 0.1) is 5.82 Å². The van der Waals surface area contributed by atoms with Gasteiger partial charge < -0.3 is 15.0 Å². The van der Waals surface area contributed by atoms with E-state index < -0.39 is 17.8 Å². The maximum absolute atomic E-state index is 14.2. The van der Waals surface area contributed by atoms with E-state index in [1.165, 1.54) is 17.0 Å². The molecule has 2 atom stereocenters. The highest BCUT2D eigenvalue weighted by Gasteiger charge is 2.38. The number of rotatable bonds is 6. The fraction of sp³-hybridized carbons (Fsp3) is 0.370. The Hall–Kier alpha value is -3.43. The van der Waals surface area contributed by atoms with Crippen LogP contribution in [0.1, 0.15) is 35.8 Å². The molecule has 2 aliphatic rings. The Balaban J connectivity index is 1.60. The molecule has 8 nitrogen and oxygen atoms in total. The maximum Gasteiger partial charge on any atom is 0.338 e. The van der Waals surface area contributed by atoms with Crippen LogP contribution in [0.4, 0.5) is 9.18 Å². The summed E-state index contributed by atoms with van der Waals surface area (Å²) in [5.74, 6) is -1.41. The van der Waals surface area contributed by atoms with Gasteiger partial charge in [0.2, 0.25) is 0 Å². The summed E-state index contributed by atoms with van der Waals surface area (Å²) in [5.41, 5.74) is 1.64. The first-order valence-corrected chi connectivity index (χ1v) is 12.6. The molecule has 0 aromatic heterocycles. The lowest BCUT2D eigenvalue weighted by Crippen LogP contribution is -2.56. The molecule has 3 amide bonds. The molecule has 1 fully saturated rings. The molecule has 0 saturated carbocycles. The summed E-state index contributed by atoms with van der Waals surface area (Å²) in [6, 6.07) is 11.7. The standard InChI is InChI=1S/C27H30ClFN4O4/c1-4-37-26(35)23-22(31(3)27(36)30-24(23)18-9-11-19(28)12-10-18)16-32-13-14-33(17(2)15-32)25(34)20-7-5-6-8-21(20)29/h5-12,17,24H,4,13-16H2,1-3H3,(H,30,36). The van der Waals surface area contributed by atoms with Gasteiger partial charge in [-0.1, -0.05) is 35.9 Å². The number of nitrogens with one attached hydrogen (secondary N) is 1. The average molecular weight is 529 g/mol. The molecule has 196 valence electrons. The van der Waals surface area contributed by atoms with Gasteiger partial charge in [-0.05, 0) is 43.7 Å². The number of benzene rings is 2. The zero-order valence-electron chi connectivity index (χ0n) is 21.0. The van der Waals surface area contributed by atoms with Gasteiger partial charge in [0, 0.05) is 50.0 Å². The molecule has 1 N–H and O–H groups in total. The molecule has 1 saturated heterocycles. The number of nitrogens with zero attached hydrogens (tertiary/aromatic N) is 3. The van der Waals surface area contributed by atoms with E-state index in [9.17, 15) is 18.8 Å². The van der Waals surface area contributed by atoms with Crippen molar-refractivity contribution in [2.24, 2.45) is 0 Å².